The minimum absolute atomic E-state index is 0.0152. The topological polar surface area (TPSA) is 176 Å². The Hall–Kier alpha value is -3.95. The highest BCUT2D eigenvalue weighted by atomic mass is 32.2. The van der Waals surface area contributed by atoms with Crippen LogP contribution < -0.4 is 5.32 Å². The van der Waals surface area contributed by atoms with Gasteiger partial charge in [0, 0.05) is 36.2 Å². The Balaban J connectivity index is 0.000000434. The number of nitrogens with zero attached hydrogens (tertiary/aromatic N) is 2. The van der Waals surface area contributed by atoms with Gasteiger partial charge in [0.1, 0.15) is 15.5 Å². The number of carbonyl (C=O) groups is 3. The minimum Gasteiger partial charge on any atom is -0.478 e. The molecule has 0 aliphatic rings. The minimum atomic E-state index is -4.50. The molecule has 0 fully saturated rings. The molecule has 192 valence electrons. The second-order valence-corrected chi connectivity index (χ2v) is 9.58. The molecule has 3 aromatic rings. The second-order valence-electron chi connectivity index (χ2n) is 6.88. The summed E-state index contributed by atoms with van der Waals surface area (Å²) in [6.07, 6.45) is 2.79. The first-order chi connectivity index (χ1) is 16.8. The van der Waals surface area contributed by atoms with Crippen LogP contribution in [0.4, 0.5) is 8.78 Å². The number of carboxylic acids is 3. The molecule has 0 atom stereocenters. The van der Waals surface area contributed by atoms with E-state index in [1.165, 1.54) is 31.5 Å². The van der Waals surface area contributed by atoms with Crippen molar-refractivity contribution >= 4 is 39.3 Å². The number of carboxylic acid groups (broad SMARTS) is 3. The number of aromatic nitrogens is 2. The highest BCUT2D eigenvalue weighted by Gasteiger charge is 2.31. The molecule has 0 aliphatic heterocycles. The zero-order valence-electron chi connectivity index (χ0n) is 18.6. The molecule has 0 saturated carbocycles. The van der Waals surface area contributed by atoms with E-state index in [2.05, 4.69) is 10.3 Å². The third-order valence-electron chi connectivity index (χ3n) is 4.40. The third-order valence-corrected chi connectivity index (χ3v) is 7.14. The first kappa shape index (κ1) is 28.3. The van der Waals surface area contributed by atoms with Gasteiger partial charge in [-0.3, -0.25) is 0 Å². The van der Waals surface area contributed by atoms with Crippen LogP contribution in [0.25, 0.3) is 11.3 Å². The van der Waals surface area contributed by atoms with E-state index < -0.39 is 55.2 Å². The Morgan fingerprint density at radius 1 is 1.19 bits per heavy atom. The van der Waals surface area contributed by atoms with E-state index in [1.54, 1.807) is 0 Å². The SMILES string of the molecule is C/C(=C\C(=O)O)C(=O)O.CNCc1cn(S(=O)(=O)c2ccsc2C(=O)O)c(-c2cccnc2F)c1F. The van der Waals surface area contributed by atoms with E-state index in [1.807, 2.05) is 0 Å². The summed E-state index contributed by atoms with van der Waals surface area (Å²) in [5.74, 6) is -5.87. The Morgan fingerprint density at radius 3 is 2.36 bits per heavy atom. The van der Waals surface area contributed by atoms with Crippen molar-refractivity contribution in [1.29, 1.82) is 0 Å². The van der Waals surface area contributed by atoms with Gasteiger partial charge in [-0.25, -0.2) is 36.1 Å². The van der Waals surface area contributed by atoms with Crippen molar-refractivity contribution < 1.29 is 46.9 Å². The number of aliphatic carboxylic acids is 2. The number of hydrogen-bond acceptors (Lipinski definition) is 8. The normalized spacial score (nSPS) is 11.5. The van der Waals surface area contributed by atoms with Gasteiger partial charge in [0.2, 0.25) is 5.95 Å². The Labute approximate surface area is 207 Å². The van der Waals surface area contributed by atoms with Crippen molar-refractivity contribution in [3.63, 3.8) is 0 Å². The first-order valence-electron chi connectivity index (χ1n) is 9.69. The molecule has 0 amide bonds. The van der Waals surface area contributed by atoms with Crippen LogP contribution in [0.5, 0.6) is 0 Å². The van der Waals surface area contributed by atoms with Crippen LogP contribution in [-0.2, 0) is 26.2 Å². The molecule has 3 aromatic heterocycles. The third kappa shape index (κ3) is 6.18. The summed E-state index contributed by atoms with van der Waals surface area (Å²) in [6.45, 7) is 1.20. The number of rotatable bonds is 8. The summed E-state index contributed by atoms with van der Waals surface area (Å²) in [5.41, 5.74) is -1.10. The van der Waals surface area contributed by atoms with Crippen LogP contribution >= 0.6 is 11.3 Å². The lowest BCUT2D eigenvalue weighted by Gasteiger charge is -2.10. The Kier molecular flexibility index (Phi) is 9.16. The van der Waals surface area contributed by atoms with Crippen LogP contribution in [0, 0.1) is 11.8 Å². The summed E-state index contributed by atoms with van der Waals surface area (Å²) in [5, 5.41) is 29.3. The van der Waals surface area contributed by atoms with Gasteiger partial charge < -0.3 is 20.6 Å². The van der Waals surface area contributed by atoms with E-state index in [4.69, 9.17) is 10.2 Å². The van der Waals surface area contributed by atoms with Crippen molar-refractivity contribution in [1.82, 2.24) is 14.3 Å². The standard InChI is InChI=1S/C16H13F2N3O4S2.C5H6O4/c1-19-7-9-8-21(13(12(9)17)10-3-2-5-20-15(10)18)27(24,25)11-4-6-26-14(11)16(22)23;1-3(5(8)9)2-4(6)7/h2-6,8,19H,7H2,1H3,(H,22,23);2H,1H3,(H,6,7)(H,8,9)/b;3-2+. The van der Waals surface area contributed by atoms with Crippen LogP contribution in [0.15, 0.2) is 52.5 Å². The monoisotopic (exact) mass is 543 g/mol. The highest BCUT2D eigenvalue weighted by Crippen LogP contribution is 2.33. The number of pyridine rings is 1. The van der Waals surface area contributed by atoms with Crippen molar-refractivity contribution in [3.8, 4) is 11.3 Å². The van der Waals surface area contributed by atoms with Crippen LogP contribution in [0.3, 0.4) is 0 Å². The van der Waals surface area contributed by atoms with E-state index in [0.717, 1.165) is 29.8 Å². The van der Waals surface area contributed by atoms with Crippen molar-refractivity contribution in [2.75, 3.05) is 7.05 Å². The second kappa shape index (κ2) is 11.7. The molecule has 3 heterocycles. The number of aromatic carboxylic acids is 1. The maximum absolute atomic E-state index is 14.9. The highest BCUT2D eigenvalue weighted by molar-refractivity contribution is 7.90. The number of nitrogens with one attached hydrogen (secondary N) is 1. The number of halogens is 2. The number of thiophene rings is 1. The van der Waals surface area contributed by atoms with Gasteiger partial charge >= 0.3 is 17.9 Å². The fourth-order valence-electron chi connectivity index (χ4n) is 2.82. The Morgan fingerprint density at radius 2 is 1.86 bits per heavy atom. The zero-order valence-corrected chi connectivity index (χ0v) is 20.2. The van der Waals surface area contributed by atoms with Gasteiger partial charge in [0.05, 0.1) is 5.56 Å². The van der Waals surface area contributed by atoms with Gasteiger partial charge in [-0.05, 0) is 37.6 Å². The molecule has 0 radical (unpaired) electrons. The van der Waals surface area contributed by atoms with E-state index in [9.17, 15) is 36.7 Å². The summed E-state index contributed by atoms with van der Waals surface area (Å²) in [6, 6.07) is 3.65. The molecule has 0 aliphatic carbocycles. The molecule has 3 rings (SSSR count). The van der Waals surface area contributed by atoms with Crippen molar-refractivity contribution in [3.05, 3.63) is 69.8 Å². The molecule has 0 spiro atoms. The molecule has 0 unspecified atom stereocenters. The Bertz CT molecular complexity index is 1440. The van der Waals surface area contributed by atoms with Crippen LogP contribution in [-0.4, -0.2) is 57.6 Å². The molecule has 36 heavy (non-hydrogen) atoms. The molecule has 11 nitrogen and oxygen atoms in total. The molecule has 15 heteroatoms. The van der Waals surface area contributed by atoms with E-state index in [0.29, 0.717) is 10.0 Å². The number of hydrogen-bond donors (Lipinski definition) is 4. The average Bonchev–Trinajstić information content (AvgIpc) is 3.41. The fraction of sp³-hybridized carbons (Fsp3) is 0.143. The van der Waals surface area contributed by atoms with Gasteiger partial charge in [0.25, 0.3) is 10.0 Å². The maximum atomic E-state index is 14.9. The average molecular weight is 544 g/mol. The summed E-state index contributed by atoms with van der Waals surface area (Å²) < 4.78 is 55.8. The predicted molar refractivity (Wildman–Crippen MR) is 123 cm³/mol. The van der Waals surface area contributed by atoms with Gasteiger partial charge in [0.15, 0.2) is 5.82 Å². The first-order valence-corrected chi connectivity index (χ1v) is 12.0. The smallest absolute Gasteiger partial charge is 0.347 e. The van der Waals surface area contributed by atoms with Crippen molar-refractivity contribution in [2.45, 2.75) is 18.4 Å². The van der Waals surface area contributed by atoms with E-state index in [-0.39, 0.29) is 23.2 Å². The molecular formula is C21H19F2N3O8S2. The lowest BCUT2D eigenvalue weighted by molar-refractivity contribution is -0.135. The molecule has 0 bridgehead atoms. The molecule has 4 N–H and O–H groups in total. The largest absolute Gasteiger partial charge is 0.478 e. The lowest BCUT2D eigenvalue weighted by atomic mass is 10.2. The quantitative estimate of drug-likeness (QED) is 0.244. The molecule has 0 saturated heterocycles. The van der Waals surface area contributed by atoms with Gasteiger partial charge in [-0.2, -0.15) is 4.39 Å². The zero-order chi connectivity index (χ0) is 27.2. The lowest BCUT2D eigenvalue weighted by Crippen LogP contribution is -2.16. The van der Waals surface area contributed by atoms with Gasteiger partial charge in [-0.1, -0.05) is 0 Å². The maximum Gasteiger partial charge on any atom is 0.347 e. The van der Waals surface area contributed by atoms with Crippen LogP contribution in [0.2, 0.25) is 0 Å². The van der Waals surface area contributed by atoms with Crippen molar-refractivity contribution in [2.24, 2.45) is 0 Å². The predicted octanol–water partition coefficient (Wildman–Crippen LogP) is 2.65. The van der Waals surface area contributed by atoms with E-state index >= 15 is 0 Å². The molecular weight excluding hydrogens is 524 g/mol. The van der Waals surface area contributed by atoms with Crippen LogP contribution in [0.1, 0.15) is 22.2 Å². The van der Waals surface area contributed by atoms with Gasteiger partial charge in [-0.15, -0.1) is 11.3 Å². The summed E-state index contributed by atoms with van der Waals surface area (Å²) in [7, 11) is -2.96. The summed E-state index contributed by atoms with van der Waals surface area (Å²) in [4.78, 5) is 33.5. The fourth-order valence-corrected chi connectivity index (χ4v) is 5.45. The summed E-state index contributed by atoms with van der Waals surface area (Å²) >= 11 is 0.721. The molecule has 0 aromatic carbocycles.